The minimum absolute atomic E-state index is 0.262. The summed E-state index contributed by atoms with van der Waals surface area (Å²) < 4.78 is 30.4. The number of rotatable bonds is 5. The van der Waals surface area contributed by atoms with Crippen LogP contribution in [-0.2, 0) is 22.1 Å². The SMILES string of the molecule is Cc1nn(C(C)(C)C)c(C)c1S(=O)(=O)NCc1ccc(N2CCSCC2)cc1. The molecule has 3 rings (SSSR count). The molecule has 0 amide bonds. The minimum atomic E-state index is -3.64. The molecule has 0 radical (unpaired) electrons. The van der Waals surface area contributed by atoms with Crippen LogP contribution in [0, 0.1) is 13.8 Å². The molecular formula is C20H30N4O2S2. The predicted molar refractivity (Wildman–Crippen MR) is 117 cm³/mol. The second-order valence-corrected chi connectivity index (χ2v) is 11.1. The molecule has 0 aliphatic carbocycles. The molecule has 0 saturated carbocycles. The first-order valence-corrected chi connectivity index (χ1v) is 12.2. The van der Waals surface area contributed by atoms with Crippen LogP contribution < -0.4 is 9.62 Å². The Hall–Kier alpha value is -1.51. The monoisotopic (exact) mass is 422 g/mol. The first kappa shape index (κ1) is 21.2. The predicted octanol–water partition coefficient (Wildman–Crippen LogP) is 3.29. The molecule has 8 heteroatoms. The van der Waals surface area contributed by atoms with E-state index in [2.05, 4.69) is 26.9 Å². The van der Waals surface area contributed by atoms with Crippen LogP contribution in [0.15, 0.2) is 29.2 Å². The van der Waals surface area contributed by atoms with E-state index in [0.29, 0.717) is 11.4 Å². The Balaban J connectivity index is 1.73. The van der Waals surface area contributed by atoms with E-state index in [1.165, 1.54) is 5.69 Å². The Labute approximate surface area is 172 Å². The molecule has 1 fully saturated rings. The summed E-state index contributed by atoms with van der Waals surface area (Å²) in [5.41, 5.74) is 3.06. The topological polar surface area (TPSA) is 67.2 Å². The first-order valence-electron chi connectivity index (χ1n) is 9.57. The van der Waals surface area contributed by atoms with Gasteiger partial charge in [-0.15, -0.1) is 0 Å². The normalized spacial score (nSPS) is 15.8. The van der Waals surface area contributed by atoms with Crippen molar-refractivity contribution in [3.05, 3.63) is 41.2 Å². The average molecular weight is 423 g/mol. The molecule has 6 nitrogen and oxygen atoms in total. The van der Waals surface area contributed by atoms with Gasteiger partial charge in [-0.3, -0.25) is 4.68 Å². The van der Waals surface area contributed by atoms with E-state index in [1.54, 1.807) is 11.6 Å². The van der Waals surface area contributed by atoms with Crippen molar-refractivity contribution in [1.82, 2.24) is 14.5 Å². The van der Waals surface area contributed by atoms with Crippen molar-refractivity contribution in [2.75, 3.05) is 29.5 Å². The van der Waals surface area contributed by atoms with Gasteiger partial charge in [0, 0.05) is 36.8 Å². The van der Waals surface area contributed by atoms with E-state index in [9.17, 15) is 8.42 Å². The maximum atomic E-state index is 12.9. The zero-order valence-electron chi connectivity index (χ0n) is 17.3. The Morgan fingerprint density at radius 1 is 1.11 bits per heavy atom. The Kier molecular flexibility index (Phi) is 6.12. The molecule has 0 unspecified atom stereocenters. The van der Waals surface area contributed by atoms with Gasteiger partial charge in [0.25, 0.3) is 0 Å². The number of hydrogen-bond acceptors (Lipinski definition) is 5. The second kappa shape index (κ2) is 8.08. The van der Waals surface area contributed by atoms with Crippen LogP contribution in [-0.4, -0.2) is 42.8 Å². The van der Waals surface area contributed by atoms with Gasteiger partial charge in [0.2, 0.25) is 10.0 Å². The third-order valence-electron chi connectivity index (χ3n) is 4.91. The fourth-order valence-electron chi connectivity index (χ4n) is 3.57. The molecular weight excluding hydrogens is 392 g/mol. The molecule has 0 bridgehead atoms. The number of nitrogens with zero attached hydrogens (tertiary/aromatic N) is 3. The number of benzene rings is 1. The summed E-state index contributed by atoms with van der Waals surface area (Å²) in [6.07, 6.45) is 0. The summed E-state index contributed by atoms with van der Waals surface area (Å²) in [6, 6.07) is 8.15. The van der Waals surface area contributed by atoms with Crippen LogP contribution in [0.1, 0.15) is 37.7 Å². The summed E-state index contributed by atoms with van der Waals surface area (Å²) in [5.74, 6) is 2.31. The van der Waals surface area contributed by atoms with Gasteiger partial charge < -0.3 is 4.90 Å². The summed E-state index contributed by atoms with van der Waals surface area (Å²) in [5, 5.41) is 4.46. The smallest absolute Gasteiger partial charge is 0.244 e. The Bertz CT molecular complexity index is 922. The molecule has 1 aromatic carbocycles. The van der Waals surface area contributed by atoms with Gasteiger partial charge >= 0.3 is 0 Å². The van der Waals surface area contributed by atoms with Crippen LogP contribution in [0.5, 0.6) is 0 Å². The second-order valence-electron chi connectivity index (χ2n) is 8.17. The number of thioether (sulfide) groups is 1. The van der Waals surface area contributed by atoms with Gasteiger partial charge in [-0.25, -0.2) is 13.1 Å². The van der Waals surface area contributed by atoms with Crippen molar-refractivity contribution in [2.24, 2.45) is 0 Å². The van der Waals surface area contributed by atoms with E-state index in [1.807, 2.05) is 51.6 Å². The molecule has 0 atom stereocenters. The fraction of sp³-hybridized carbons (Fsp3) is 0.550. The van der Waals surface area contributed by atoms with Crippen LogP contribution in [0.4, 0.5) is 5.69 Å². The zero-order chi connectivity index (χ0) is 20.5. The van der Waals surface area contributed by atoms with E-state index in [4.69, 9.17) is 0 Å². The molecule has 1 aliphatic rings. The highest BCUT2D eigenvalue weighted by Crippen LogP contribution is 2.25. The third-order valence-corrected chi connectivity index (χ3v) is 7.50. The molecule has 1 N–H and O–H groups in total. The lowest BCUT2D eigenvalue weighted by molar-refractivity contribution is 0.345. The van der Waals surface area contributed by atoms with E-state index in [-0.39, 0.29) is 17.0 Å². The van der Waals surface area contributed by atoms with Crippen molar-refractivity contribution < 1.29 is 8.42 Å². The van der Waals surface area contributed by atoms with Crippen molar-refractivity contribution >= 4 is 27.5 Å². The van der Waals surface area contributed by atoms with Crippen LogP contribution in [0.25, 0.3) is 0 Å². The van der Waals surface area contributed by atoms with Crippen molar-refractivity contribution in [2.45, 2.75) is 51.6 Å². The van der Waals surface area contributed by atoms with Gasteiger partial charge in [0.05, 0.1) is 16.9 Å². The third kappa shape index (κ3) is 4.55. The highest BCUT2D eigenvalue weighted by molar-refractivity contribution is 7.99. The molecule has 1 saturated heterocycles. The number of anilines is 1. The van der Waals surface area contributed by atoms with E-state index >= 15 is 0 Å². The molecule has 1 aliphatic heterocycles. The zero-order valence-corrected chi connectivity index (χ0v) is 19.0. The maximum Gasteiger partial charge on any atom is 0.244 e. The molecule has 154 valence electrons. The van der Waals surface area contributed by atoms with Gasteiger partial charge in [0.1, 0.15) is 4.90 Å². The lowest BCUT2D eigenvalue weighted by atomic mass is 10.1. The highest BCUT2D eigenvalue weighted by atomic mass is 32.2. The van der Waals surface area contributed by atoms with Gasteiger partial charge in [0.15, 0.2) is 0 Å². The van der Waals surface area contributed by atoms with Crippen molar-refractivity contribution in [1.29, 1.82) is 0 Å². The number of nitrogens with one attached hydrogen (secondary N) is 1. The molecule has 0 spiro atoms. The quantitative estimate of drug-likeness (QED) is 0.801. The number of hydrogen-bond donors (Lipinski definition) is 1. The lowest BCUT2D eigenvalue weighted by Crippen LogP contribution is -2.32. The molecule has 2 aromatic rings. The fourth-order valence-corrected chi connectivity index (χ4v) is 5.88. The van der Waals surface area contributed by atoms with Gasteiger partial charge in [-0.1, -0.05) is 12.1 Å². The van der Waals surface area contributed by atoms with Crippen LogP contribution in [0.3, 0.4) is 0 Å². The first-order chi connectivity index (χ1) is 13.1. The number of aryl methyl sites for hydroxylation is 1. The van der Waals surface area contributed by atoms with Crippen LogP contribution in [0.2, 0.25) is 0 Å². The molecule has 2 heterocycles. The Morgan fingerprint density at radius 3 is 2.25 bits per heavy atom. The van der Waals surface area contributed by atoms with E-state index in [0.717, 1.165) is 30.2 Å². The lowest BCUT2D eigenvalue weighted by Gasteiger charge is -2.28. The van der Waals surface area contributed by atoms with Gasteiger partial charge in [-0.2, -0.15) is 16.9 Å². The standard InChI is InChI=1S/C20H30N4O2S2/c1-15-19(16(2)24(22-15)20(3,4)5)28(25,26)21-14-17-6-8-18(9-7-17)23-10-12-27-13-11-23/h6-9,21H,10-14H2,1-5H3. The summed E-state index contributed by atoms with van der Waals surface area (Å²) in [4.78, 5) is 2.66. The van der Waals surface area contributed by atoms with E-state index < -0.39 is 10.0 Å². The van der Waals surface area contributed by atoms with Gasteiger partial charge in [-0.05, 0) is 52.3 Å². The summed E-state index contributed by atoms with van der Waals surface area (Å²) in [6.45, 7) is 12.0. The average Bonchev–Trinajstić information content (AvgIpc) is 2.96. The highest BCUT2D eigenvalue weighted by Gasteiger charge is 2.28. The summed E-state index contributed by atoms with van der Waals surface area (Å²) in [7, 11) is -3.64. The number of aromatic nitrogens is 2. The van der Waals surface area contributed by atoms with Crippen molar-refractivity contribution in [3.8, 4) is 0 Å². The molecule has 28 heavy (non-hydrogen) atoms. The largest absolute Gasteiger partial charge is 0.370 e. The van der Waals surface area contributed by atoms with Crippen molar-refractivity contribution in [3.63, 3.8) is 0 Å². The maximum absolute atomic E-state index is 12.9. The van der Waals surface area contributed by atoms with Crippen LogP contribution >= 0.6 is 11.8 Å². The number of sulfonamides is 1. The molecule has 1 aromatic heterocycles. The summed E-state index contributed by atoms with van der Waals surface area (Å²) >= 11 is 1.99. The minimum Gasteiger partial charge on any atom is -0.370 e. The Morgan fingerprint density at radius 2 is 1.71 bits per heavy atom.